The van der Waals surface area contributed by atoms with Gasteiger partial charge in [-0.25, -0.2) is 67.3 Å². The molecule has 0 atom stereocenters. The molecule has 4 aliphatic heterocycles. The van der Waals surface area contributed by atoms with E-state index in [9.17, 15) is 192 Å². The summed E-state index contributed by atoms with van der Waals surface area (Å²) in [6.45, 7) is 32.5. The molecule has 60 heteroatoms. The minimum atomic E-state index is -6.72. The fourth-order valence-corrected chi connectivity index (χ4v) is 15.6. The largest absolute Gasteiger partial charge is 0.480 e. The van der Waals surface area contributed by atoms with Crippen molar-refractivity contribution in [2.45, 2.75) is 276 Å². The zero-order valence-corrected chi connectivity index (χ0v) is 63.1. The van der Waals surface area contributed by atoms with Crippen LogP contribution in [0.5, 0.6) is 0 Å². The predicted octanol–water partition coefficient (Wildman–Crippen LogP) is 14.3. The second kappa shape index (κ2) is 33.8. The van der Waals surface area contributed by atoms with E-state index in [0.29, 0.717) is 0 Å². The molecule has 0 bridgehead atoms. The van der Waals surface area contributed by atoms with E-state index >= 15 is 0 Å². The van der Waals surface area contributed by atoms with Crippen LogP contribution < -0.4 is 0 Å². The predicted molar refractivity (Wildman–Crippen MR) is 316 cm³/mol. The molecule has 4 fully saturated rings. The molecule has 0 saturated carbocycles. The number of alkyl halides is 24. The molecule has 0 aliphatic carbocycles. The number of sulfonamides is 8. The zero-order chi connectivity index (χ0) is 85.6. The van der Waals surface area contributed by atoms with Gasteiger partial charge in [-0.3, -0.25) is 0 Å². The van der Waals surface area contributed by atoms with Gasteiger partial charge in [-0.15, -0.1) is 0 Å². The van der Waals surface area contributed by atoms with E-state index in [0.717, 1.165) is 67.9 Å². The van der Waals surface area contributed by atoms with Gasteiger partial charge in [-0.05, 0) is 25.7 Å². The summed E-state index contributed by atoms with van der Waals surface area (Å²) in [4.78, 5) is 46.7. The third-order valence-electron chi connectivity index (χ3n) is 13.8. The fraction of sp³-hybridized carbons (Fsp3) is 1.00. The lowest BCUT2D eigenvalue weighted by Gasteiger charge is -2.31. The first-order chi connectivity index (χ1) is 44.3. The first-order valence-corrected chi connectivity index (χ1v) is 39.2. The maximum absolute atomic E-state index is 11.7. The number of nitrogens with zero attached hydrogens (tertiary/aromatic N) is 8. The Kier molecular flexibility index (Phi) is 34.6. The van der Waals surface area contributed by atoms with Crippen LogP contribution in [-0.2, 0) is 80.2 Å². The van der Waals surface area contributed by atoms with Crippen LogP contribution >= 0.6 is 0 Å². The summed E-state index contributed by atoms with van der Waals surface area (Å²) < 4.78 is 442. The van der Waals surface area contributed by atoms with Crippen LogP contribution in [0.15, 0.2) is 0 Å². The lowest BCUT2D eigenvalue weighted by Crippen LogP contribution is -2.50. The minimum absolute atomic E-state index is 0.151. The van der Waals surface area contributed by atoms with Crippen LogP contribution in [0.2, 0.25) is 0 Å². The van der Waals surface area contributed by atoms with Gasteiger partial charge in [0.05, 0.1) is 0 Å². The molecule has 624 valence electrons. The molecule has 4 rings (SSSR count). The Morgan fingerprint density at radius 2 is 0.260 bits per heavy atom. The van der Waals surface area contributed by atoms with Gasteiger partial charge < -0.3 is 16.5 Å². The summed E-state index contributed by atoms with van der Waals surface area (Å²) in [7, 11) is -53.8. The molecule has 0 amide bonds. The molecule has 4 aliphatic rings. The van der Waals surface area contributed by atoms with Gasteiger partial charge in [0.1, 0.15) is 0 Å². The van der Waals surface area contributed by atoms with E-state index in [1.165, 1.54) is 44.7 Å². The second-order valence-electron chi connectivity index (χ2n) is 26.8. The van der Waals surface area contributed by atoms with Gasteiger partial charge in [0.15, 0.2) is 80.2 Å². The standard InChI is InChI=1S/4C9H18NO.4C2F6NO4S2/c4*1-8(2)6-5-7-9(3,4)10(8)11;4*3-1(4,5)14(10,11)9-15(12,13)2(6,7)8/h4*5-7H2,1-4H3;;;;/q4*+1;4*-1. The summed E-state index contributed by atoms with van der Waals surface area (Å²) in [5.74, 6) is 0. The van der Waals surface area contributed by atoms with Crippen LogP contribution in [0.25, 0.3) is 16.5 Å². The topological polar surface area (TPSA) is 410 Å². The summed E-state index contributed by atoms with van der Waals surface area (Å²) in [5.41, 5.74) is -50.8. The Morgan fingerprint density at radius 1 is 0.192 bits per heavy atom. The molecule has 4 saturated heterocycles. The van der Waals surface area contributed by atoms with Gasteiger partial charge in [-0.1, -0.05) is 0 Å². The lowest BCUT2D eigenvalue weighted by atomic mass is 9.82. The zero-order valence-electron chi connectivity index (χ0n) is 56.6. The third-order valence-corrected chi connectivity index (χ3v) is 24.8. The maximum atomic E-state index is 11.7. The van der Waals surface area contributed by atoms with E-state index in [4.69, 9.17) is 0 Å². The first-order valence-electron chi connectivity index (χ1n) is 27.6. The van der Waals surface area contributed by atoms with Crippen LogP contribution in [0.3, 0.4) is 0 Å². The Labute approximate surface area is 581 Å². The van der Waals surface area contributed by atoms with E-state index in [1.807, 2.05) is 111 Å². The second-order valence-corrected chi connectivity index (χ2v) is 40.4. The Bertz CT molecular complexity index is 3220. The van der Waals surface area contributed by atoms with Gasteiger partial charge in [-0.2, -0.15) is 105 Å². The summed E-state index contributed by atoms with van der Waals surface area (Å²) >= 11 is 0. The number of halogens is 24. The fourth-order valence-electron chi connectivity index (χ4n) is 8.76. The normalized spacial score (nSPS) is 20.9. The number of hydrogen-bond acceptors (Lipinski definition) is 20. The third kappa shape index (κ3) is 31.3. The molecule has 4 heterocycles. The van der Waals surface area contributed by atoms with Gasteiger partial charge in [0, 0.05) is 201 Å². The van der Waals surface area contributed by atoms with Crippen molar-refractivity contribution < 1.29 is 192 Å². The van der Waals surface area contributed by atoms with Crippen LogP contribution in [0, 0.1) is 19.6 Å². The quantitative estimate of drug-likeness (QED) is 0.161. The Morgan fingerprint density at radius 3 is 0.308 bits per heavy atom. The highest BCUT2D eigenvalue weighted by atomic mass is 32.3. The lowest BCUT2D eigenvalue weighted by molar-refractivity contribution is -0.692. The van der Waals surface area contributed by atoms with Crippen molar-refractivity contribution in [1.82, 2.24) is 0 Å². The van der Waals surface area contributed by atoms with Crippen molar-refractivity contribution in [3.8, 4) is 0 Å². The highest BCUT2D eigenvalue weighted by Crippen LogP contribution is 2.42. The highest BCUT2D eigenvalue weighted by Gasteiger charge is 2.55. The van der Waals surface area contributed by atoms with Crippen LogP contribution in [0.4, 0.5) is 105 Å². The highest BCUT2D eigenvalue weighted by molar-refractivity contribution is 8.14. The minimum Gasteiger partial charge on any atom is -0.421 e. The van der Waals surface area contributed by atoms with Crippen molar-refractivity contribution in [3.05, 3.63) is 36.1 Å². The molecule has 0 aromatic carbocycles. The maximum Gasteiger partial charge on any atom is 0.480 e. The molecule has 104 heavy (non-hydrogen) atoms. The SMILES string of the molecule is CC1(C)CCCC(C)(C)[N+]1=O.CC1(C)CCCC(C)(C)[N+]1=O.CC1(C)CCCC(C)(C)[N+]1=O.CC1(C)CCCC(C)(C)[N+]1=O.O=S(=O)([N-]S(=O)(=O)C(F)(F)F)C(F)(F)F.O=S(=O)([N-]S(=O)(=O)C(F)(F)F)C(F)(F)F.O=S(=O)([N-]S(=O)(=O)C(F)(F)F)C(F)(F)F.O=S(=O)([N-]S(=O)(=O)C(F)(F)F)C(F)(F)F. The first kappa shape index (κ1) is 107. The van der Waals surface area contributed by atoms with Crippen molar-refractivity contribution >= 4 is 80.2 Å². The van der Waals surface area contributed by atoms with E-state index in [-0.39, 0.29) is 44.3 Å². The monoisotopic (exact) mass is 1740 g/mol. The summed E-state index contributed by atoms with van der Waals surface area (Å²) in [6.07, 6.45) is 12.9. The molecular formula is C44H72F24N8O20S8. The van der Waals surface area contributed by atoms with Crippen LogP contribution in [-0.4, -0.2) is 175 Å². The van der Waals surface area contributed by atoms with Crippen molar-refractivity contribution in [2.24, 2.45) is 0 Å². The Hall–Kier alpha value is -3.84. The van der Waals surface area contributed by atoms with Crippen molar-refractivity contribution in [1.29, 1.82) is 0 Å². The van der Waals surface area contributed by atoms with Gasteiger partial charge in [0.2, 0.25) is 44.3 Å². The average Bonchev–Trinajstić information content (AvgIpc) is 0.811. The molecule has 0 unspecified atom stereocenters. The molecule has 0 aromatic rings. The molecule has 0 aromatic heterocycles. The summed E-state index contributed by atoms with van der Waals surface area (Å²) in [5, 5.41) is 0. The van der Waals surface area contributed by atoms with Crippen molar-refractivity contribution in [2.75, 3.05) is 0 Å². The molecule has 0 radical (unpaired) electrons. The molecular weight excluding hydrogens is 1670 g/mol. The van der Waals surface area contributed by atoms with Gasteiger partial charge >= 0.3 is 44.1 Å². The summed E-state index contributed by atoms with van der Waals surface area (Å²) in [6, 6.07) is 0. The number of hydrogen-bond donors (Lipinski definition) is 0. The van der Waals surface area contributed by atoms with E-state index in [1.54, 1.807) is 0 Å². The Balaban J connectivity index is -0.000000551. The number of piperidine rings is 4. The number of nitroso groups, excluding NO2 is 4. The number of rotatable bonds is 8. The van der Waals surface area contributed by atoms with E-state index in [2.05, 4.69) is 0 Å². The smallest absolute Gasteiger partial charge is 0.421 e. The van der Waals surface area contributed by atoms with E-state index < -0.39 is 124 Å². The molecule has 0 spiro atoms. The molecule has 0 N–H and O–H groups in total. The van der Waals surface area contributed by atoms with Crippen LogP contribution in [0.1, 0.15) is 188 Å². The van der Waals surface area contributed by atoms with Crippen molar-refractivity contribution in [3.63, 3.8) is 0 Å². The molecule has 28 nitrogen and oxygen atoms in total. The van der Waals surface area contributed by atoms with Gasteiger partial charge in [0.25, 0.3) is 0 Å². The average molecular weight is 1750 g/mol.